The number of ketones is 2. The topological polar surface area (TPSA) is 130 Å². The number of ether oxygens (including phenoxy) is 2. The molecule has 176 valence electrons. The Morgan fingerprint density at radius 1 is 1.34 bits per heavy atom. The number of hydrogen-bond acceptors (Lipinski definition) is 9. The zero-order chi connectivity index (χ0) is 24.4. The lowest BCUT2D eigenvalue weighted by molar-refractivity contribution is -0.190. The monoisotopic (exact) mass is 449 g/mol. The molecule has 0 saturated carbocycles. The second kappa shape index (κ2) is 9.85. The molecule has 2 heterocycles. The van der Waals surface area contributed by atoms with Gasteiger partial charge in [-0.3, -0.25) is 14.4 Å². The van der Waals surface area contributed by atoms with Crippen molar-refractivity contribution in [3.8, 4) is 0 Å². The molecule has 1 saturated heterocycles. The Kier molecular flexibility index (Phi) is 8.07. The van der Waals surface area contributed by atoms with E-state index in [-0.39, 0.29) is 30.8 Å². The van der Waals surface area contributed by atoms with Crippen molar-refractivity contribution in [3.63, 3.8) is 0 Å². The summed E-state index contributed by atoms with van der Waals surface area (Å²) in [5.74, 6) is -5.42. The van der Waals surface area contributed by atoms with Crippen molar-refractivity contribution in [2.45, 2.75) is 64.2 Å². The van der Waals surface area contributed by atoms with Crippen LogP contribution < -0.4 is 0 Å². The predicted molar refractivity (Wildman–Crippen MR) is 115 cm³/mol. The van der Waals surface area contributed by atoms with Crippen molar-refractivity contribution in [2.75, 3.05) is 26.7 Å². The number of carbonyl (C=O) groups excluding carboxylic acids is 4. The van der Waals surface area contributed by atoms with E-state index in [0.717, 1.165) is 0 Å². The smallest absolute Gasteiger partial charge is 0.341 e. The minimum atomic E-state index is -2.63. The molecule has 2 N–H and O–H groups in total. The van der Waals surface area contributed by atoms with Crippen molar-refractivity contribution in [3.05, 3.63) is 11.6 Å². The molecule has 0 aromatic carbocycles. The largest absolute Gasteiger partial charge is 0.460 e. The van der Waals surface area contributed by atoms with Gasteiger partial charge in [-0.2, -0.15) is 0 Å². The van der Waals surface area contributed by atoms with Crippen LogP contribution in [0.15, 0.2) is 11.6 Å². The van der Waals surface area contributed by atoms with Crippen LogP contribution in [0.25, 0.3) is 0 Å². The highest BCUT2D eigenvalue weighted by Gasteiger charge is 2.55. The molecule has 2 aliphatic heterocycles. The lowest BCUT2D eigenvalue weighted by atomic mass is 9.56. The van der Waals surface area contributed by atoms with Crippen LogP contribution >= 0.6 is 0 Å². The van der Waals surface area contributed by atoms with Gasteiger partial charge in [0.05, 0.1) is 19.4 Å². The van der Waals surface area contributed by atoms with Crippen LogP contribution in [-0.4, -0.2) is 91.0 Å². The minimum absolute atomic E-state index is 0.144. The first kappa shape index (κ1) is 26.2. The third-order valence-electron chi connectivity index (χ3n) is 6.74. The molecular formula is C22H32BNO8. The molecule has 1 fully saturated rings. The Morgan fingerprint density at radius 2 is 1.97 bits per heavy atom. The van der Waals surface area contributed by atoms with Gasteiger partial charge in [0.15, 0.2) is 11.7 Å². The molecule has 6 atom stereocenters. The average molecular weight is 449 g/mol. The number of esters is 2. The van der Waals surface area contributed by atoms with Crippen molar-refractivity contribution in [1.82, 2.24) is 4.90 Å². The second-order valence-electron chi connectivity index (χ2n) is 9.23. The lowest BCUT2D eigenvalue weighted by Gasteiger charge is -2.44. The highest BCUT2D eigenvalue weighted by molar-refractivity contribution is 6.16. The first-order valence-corrected chi connectivity index (χ1v) is 10.7. The number of likely N-dealkylation sites (N-methyl/N-ethyl adjacent to an activating group) is 1. The van der Waals surface area contributed by atoms with Crippen LogP contribution in [0.3, 0.4) is 0 Å². The molecule has 2 aliphatic rings. The van der Waals surface area contributed by atoms with Gasteiger partial charge in [0.2, 0.25) is 5.78 Å². The number of rotatable bonds is 3. The number of Topliss-reactive ketones (excluding diaryl/α,β-unsaturated/α-hetero) is 2. The number of nitrogens with zero attached hydrogens (tertiary/aromatic N) is 1. The van der Waals surface area contributed by atoms with Gasteiger partial charge in [0.1, 0.15) is 12.4 Å². The maximum Gasteiger partial charge on any atom is 0.341 e. The molecule has 9 nitrogen and oxygen atoms in total. The molecule has 2 rings (SSSR count). The van der Waals surface area contributed by atoms with Crippen molar-refractivity contribution < 1.29 is 38.9 Å². The first-order valence-electron chi connectivity index (χ1n) is 10.7. The Morgan fingerprint density at radius 3 is 2.53 bits per heavy atom. The minimum Gasteiger partial charge on any atom is -0.460 e. The Labute approximate surface area is 189 Å². The zero-order valence-electron chi connectivity index (χ0n) is 19.3. The van der Waals surface area contributed by atoms with Crippen LogP contribution in [-0.2, 0) is 28.7 Å². The average Bonchev–Trinajstić information content (AvgIpc) is 2.71. The highest BCUT2D eigenvalue weighted by atomic mass is 16.6. The Hall–Kier alpha value is -2.04. The molecule has 0 aromatic rings. The number of carbonyl (C=O) groups is 4. The van der Waals surface area contributed by atoms with E-state index in [2.05, 4.69) is 0 Å². The molecule has 2 radical (unpaired) electrons. The van der Waals surface area contributed by atoms with E-state index in [9.17, 15) is 29.4 Å². The van der Waals surface area contributed by atoms with Crippen molar-refractivity contribution in [2.24, 2.45) is 11.3 Å². The van der Waals surface area contributed by atoms with E-state index in [0.29, 0.717) is 13.1 Å². The normalized spacial score (nSPS) is 38.0. The lowest BCUT2D eigenvalue weighted by Crippen LogP contribution is -2.58. The molecule has 0 amide bonds. The summed E-state index contributed by atoms with van der Waals surface area (Å²) in [6, 6.07) is 0. The number of aliphatic hydroxyl groups excluding tert-OH is 1. The second-order valence-corrected chi connectivity index (χ2v) is 9.23. The third kappa shape index (κ3) is 4.97. The summed E-state index contributed by atoms with van der Waals surface area (Å²) in [6.45, 7) is 5.91. The number of hydrogen-bond donors (Lipinski definition) is 2. The van der Waals surface area contributed by atoms with Crippen LogP contribution in [0.1, 0.15) is 40.5 Å². The SMILES string of the molecule is [B]C1C(C)C(C)(CC(C)=O)C(=O)OC/C2=C/CN(C)CCC(OC(=O)C1(O)C(C)O)C2=O. The molecule has 0 spiro atoms. The van der Waals surface area contributed by atoms with Crippen LogP contribution in [0, 0.1) is 11.3 Å². The fourth-order valence-electron chi connectivity index (χ4n) is 4.21. The fourth-order valence-corrected chi connectivity index (χ4v) is 4.21. The maximum absolute atomic E-state index is 13.2. The van der Waals surface area contributed by atoms with E-state index in [1.807, 2.05) is 11.9 Å². The summed E-state index contributed by atoms with van der Waals surface area (Å²) in [5.41, 5.74) is -4.02. The molecule has 0 aliphatic carbocycles. The Bertz CT molecular complexity index is 812. The molecule has 0 aromatic heterocycles. The van der Waals surface area contributed by atoms with Crippen LogP contribution in [0.4, 0.5) is 0 Å². The standard InChI is InChI=1S/C22H32BNO8/c1-12(25)10-21(4)13(2)18(23)22(30,14(3)26)20(29)32-16-7-9-24(5)8-6-15(17(16)27)11-31-19(21)28/h6,13-14,16,18,26,30H,7-11H2,1-5H3/b15-6-. The summed E-state index contributed by atoms with van der Waals surface area (Å²) in [4.78, 5) is 53.2. The van der Waals surface area contributed by atoms with Gasteiger partial charge in [0.25, 0.3) is 0 Å². The summed E-state index contributed by atoms with van der Waals surface area (Å²) in [7, 11) is 8.06. The fraction of sp³-hybridized carbons (Fsp3) is 0.727. The molecule has 2 bridgehead atoms. The van der Waals surface area contributed by atoms with E-state index < -0.39 is 52.7 Å². The Balaban J connectivity index is 2.64. The van der Waals surface area contributed by atoms with E-state index in [4.69, 9.17) is 17.3 Å². The highest BCUT2D eigenvalue weighted by Crippen LogP contribution is 2.45. The quantitative estimate of drug-likeness (QED) is 0.451. The van der Waals surface area contributed by atoms with Gasteiger partial charge in [-0.15, -0.1) is 0 Å². The molecular weight excluding hydrogens is 417 g/mol. The van der Waals surface area contributed by atoms with Gasteiger partial charge >= 0.3 is 11.9 Å². The van der Waals surface area contributed by atoms with E-state index in [1.165, 1.54) is 27.7 Å². The van der Waals surface area contributed by atoms with Gasteiger partial charge < -0.3 is 24.6 Å². The van der Waals surface area contributed by atoms with Crippen LogP contribution in [0.5, 0.6) is 0 Å². The first-order chi connectivity index (χ1) is 14.7. The van der Waals surface area contributed by atoms with E-state index in [1.54, 1.807) is 6.08 Å². The van der Waals surface area contributed by atoms with E-state index >= 15 is 0 Å². The summed E-state index contributed by atoms with van der Waals surface area (Å²) in [5, 5.41) is 21.6. The van der Waals surface area contributed by atoms with Gasteiger partial charge in [-0.1, -0.05) is 13.0 Å². The molecule has 10 heteroatoms. The van der Waals surface area contributed by atoms with Crippen molar-refractivity contribution >= 4 is 31.4 Å². The molecule has 6 unspecified atom stereocenters. The van der Waals surface area contributed by atoms with Gasteiger partial charge in [-0.05, 0) is 39.6 Å². The third-order valence-corrected chi connectivity index (χ3v) is 6.74. The van der Waals surface area contributed by atoms with Crippen molar-refractivity contribution in [1.29, 1.82) is 0 Å². The summed E-state index contributed by atoms with van der Waals surface area (Å²) in [6.07, 6.45) is -1.46. The summed E-state index contributed by atoms with van der Waals surface area (Å²) < 4.78 is 10.9. The molecule has 32 heavy (non-hydrogen) atoms. The summed E-state index contributed by atoms with van der Waals surface area (Å²) >= 11 is 0. The number of aliphatic hydroxyl groups is 2. The zero-order valence-corrected chi connectivity index (χ0v) is 19.3. The van der Waals surface area contributed by atoms with Gasteiger partial charge in [-0.25, -0.2) is 4.79 Å². The van der Waals surface area contributed by atoms with Gasteiger partial charge in [0, 0.05) is 31.5 Å². The predicted octanol–water partition coefficient (Wildman–Crippen LogP) is -0.0236. The van der Waals surface area contributed by atoms with Crippen LogP contribution in [0.2, 0.25) is 5.82 Å². The number of fused-ring (bicyclic) bond motifs is 2. The number of cyclic esters (lactones) is 1. The maximum atomic E-state index is 13.2.